The number of aromatic amines is 2. The van der Waals surface area contributed by atoms with Gasteiger partial charge in [-0.3, -0.25) is 20.2 Å². The number of rotatable bonds is 2. The Labute approximate surface area is 113 Å². The van der Waals surface area contributed by atoms with Crippen molar-refractivity contribution in [2.45, 2.75) is 24.3 Å². The zero-order chi connectivity index (χ0) is 15.3. The fraction of sp³-hybridized carbons (Fsp3) is 0.500. The van der Waals surface area contributed by atoms with Gasteiger partial charge in [0, 0.05) is 0 Å². The van der Waals surface area contributed by atoms with Gasteiger partial charge >= 0.3 is 0 Å². The number of fused-ring (bicyclic) bond motifs is 1. The van der Waals surface area contributed by atoms with Gasteiger partial charge < -0.3 is 21.1 Å². The quantitative estimate of drug-likeness (QED) is 0.304. The van der Waals surface area contributed by atoms with Crippen molar-refractivity contribution in [1.29, 1.82) is 0 Å². The lowest BCUT2D eigenvalue weighted by Crippen LogP contribution is -2.35. The first-order valence-electron chi connectivity index (χ1n) is 6.38. The maximum Gasteiger partial charge on any atom is 0.280 e. The van der Waals surface area contributed by atoms with E-state index in [0.717, 1.165) is 5.31 Å². The molecule has 3 rings (SSSR count). The van der Waals surface area contributed by atoms with E-state index in [1.54, 1.807) is 0 Å². The number of aliphatic hydroxyl groups excluding tert-OH is 3. The number of hydrogen-bond acceptors (Lipinski definition) is 8. The first-order valence-corrected chi connectivity index (χ1v) is 5.93. The molecule has 0 unspecified atom stereocenters. The molecule has 0 aliphatic carbocycles. The third-order valence-electron chi connectivity index (χ3n) is 3.36. The molecule has 10 heteroatoms. The summed E-state index contributed by atoms with van der Waals surface area (Å²) >= 11 is 0. The van der Waals surface area contributed by atoms with Crippen LogP contribution in [0.2, 0.25) is 1.41 Å². The van der Waals surface area contributed by atoms with Gasteiger partial charge in [-0.25, -0.2) is 4.98 Å². The molecule has 1 aliphatic rings. The maximum atomic E-state index is 11.7. The summed E-state index contributed by atoms with van der Waals surface area (Å²) in [4.78, 5) is 17.9. The van der Waals surface area contributed by atoms with Crippen LogP contribution in [0.5, 0.6) is 0 Å². The van der Waals surface area contributed by atoms with E-state index >= 15 is 0 Å². The van der Waals surface area contributed by atoms with E-state index < -0.39 is 36.5 Å². The summed E-state index contributed by atoms with van der Waals surface area (Å²) in [7, 11) is 0. The fourth-order valence-electron chi connectivity index (χ4n) is 2.35. The molecule has 3 heterocycles. The van der Waals surface area contributed by atoms with E-state index in [1.165, 1.54) is 0 Å². The van der Waals surface area contributed by atoms with Gasteiger partial charge in [-0.15, -0.1) is 0 Å². The first kappa shape index (κ1) is 11.8. The molecule has 108 valence electrons. The molecule has 2 aromatic rings. The highest BCUT2D eigenvalue weighted by Gasteiger charge is 2.43. The molecular weight excluding hydrogens is 268 g/mol. The number of H-pyrrole nitrogens is 2. The van der Waals surface area contributed by atoms with Gasteiger partial charge in [-0.1, -0.05) is 0 Å². The number of hydrogen-bond donors (Lipinski definition) is 7. The molecule has 2 aromatic heterocycles. The van der Waals surface area contributed by atoms with Crippen molar-refractivity contribution in [3.8, 4) is 0 Å². The second-order valence-corrected chi connectivity index (χ2v) is 4.61. The van der Waals surface area contributed by atoms with Crippen LogP contribution in [0.4, 0.5) is 5.95 Å². The van der Waals surface area contributed by atoms with Gasteiger partial charge in [0.2, 0.25) is 5.95 Å². The smallest absolute Gasteiger partial charge is 0.280 e. The number of nitrogens with zero attached hydrogens (tertiary/aromatic N) is 2. The Hall–Kier alpha value is -2.01. The fourth-order valence-corrected chi connectivity index (χ4v) is 2.35. The van der Waals surface area contributed by atoms with Crippen LogP contribution in [0.25, 0.3) is 11.0 Å². The maximum absolute atomic E-state index is 11.7. The predicted molar refractivity (Wildman–Crippen MR) is 67.7 cm³/mol. The second kappa shape index (κ2) is 4.52. The Morgan fingerprint density at radius 1 is 1.35 bits per heavy atom. The van der Waals surface area contributed by atoms with Crippen molar-refractivity contribution in [1.82, 2.24) is 25.5 Å². The zero-order valence-corrected chi connectivity index (χ0v) is 10.2. The van der Waals surface area contributed by atoms with E-state index in [-0.39, 0.29) is 22.7 Å². The van der Waals surface area contributed by atoms with Crippen molar-refractivity contribution < 1.29 is 16.7 Å². The highest BCUT2D eigenvalue weighted by atomic mass is 16.3. The topological polar surface area (TPSA) is 173 Å². The molecule has 0 radical (unpaired) electrons. The number of nitrogens with one attached hydrogen (secondary N) is 3. The molecule has 0 amide bonds. The predicted octanol–water partition coefficient (Wildman–Crippen LogP) is -3.04. The highest BCUT2D eigenvalue weighted by molar-refractivity contribution is 5.77. The van der Waals surface area contributed by atoms with Gasteiger partial charge in [0.15, 0.2) is 5.52 Å². The standard InChI is InChI=1S/C10H14N6O4/c11-10-13-3-4(15-16-6(3)9(20)14-10)5-8(19)7(18)2(1-17)12-5/h2,5,7-8,12,17-19H,1H2,(H,15,16)(H3,11,13,14,20)/t2-,5+,7-,8+/m1/s1/i/hD. The molecule has 1 fully saturated rings. The molecular formula is C10H14N6O4. The summed E-state index contributed by atoms with van der Waals surface area (Å²) in [6, 6.07) is -1.97. The molecule has 0 spiro atoms. The number of nitrogens with two attached hydrogens (primary N) is 1. The Morgan fingerprint density at radius 2 is 2.10 bits per heavy atom. The van der Waals surface area contributed by atoms with E-state index in [9.17, 15) is 20.1 Å². The van der Waals surface area contributed by atoms with E-state index in [4.69, 9.17) is 7.15 Å². The molecule has 8 N–H and O–H groups in total. The summed E-state index contributed by atoms with van der Waals surface area (Å²) in [5, 5.41) is 36.3. The van der Waals surface area contributed by atoms with Crippen LogP contribution in [0.15, 0.2) is 4.79 Å². The average molecular weight is 283 g/mol. The third kappa shape index (κ3) is 1.78. The largest absolute Gasteiger partial charge is 0.395 e. The van der Waals surface area contributed by atoms with Crippen molar-refractivity contribution >= 4 is 17.0 Å². The summed E-state index contributed by atoms with van der Waals surface area (Å²) < 4.78 is 7.93. The van der Waals surface area contributed by atoms with Crippen molar-refractivity contribution in [3.05, 3.63) is 16.0 Å². The van der Waals surface area contributed by atoms with Gasteiger partial charge in [0.25, 0.3) is 5.56 Å². The summed E-state index contributed by atoms with van der Waals surface area (Å²) in [6.07, 6.45) is -2.65. The molecule has 0 bridgehead atoms. The minimum Gasteiger partial charge on any atom is -0.395 e. The SMILES string of the molecule is [2H]N1[C@H](CO)[C@@H](O)[C@@H](O)[C@@H]1c1[nH]nc2c(=O)[nH]c(N)nc12. The lowest BCUT2D eigenvalue weighted by Gasteiger charge is -2.14. The van der Waals surface area contributed by atoms with Crippen LogP contribution < -0.4 is 16.6 Å². The van der Waals surface area contributed by atoms with E-state index in [1.807, 2.05) is 0 Å². The first-order chi connectivity index (χ1) is 9.95. The van der Waals surface area contributed by atoms with Crippen LogP contribution in [0.3, 0.4) is 0 Å². The van der Waals surface area contributed by atoms with Crippen molar-refractivity contribution in [2.75, 3.05) is 12.3 Å². The zero-order valence-electron chi connectivity index (χ0n) is 11.2. The summed E-state index contributed by atoms with van der Waals surface area (Å²) in [5.74, 6) is -0.126. The van der Waals surface area contributed by atoms with Crippen LogP contribution in [0, 0.1) is 0 Å². The van der Waals surface area contributed by atoms with Gasteiger partial charge in [0.05, 0.1) is 30.5 Å². The number of anilines is 1. The number of aliphatic hydroxyl groups is 3. The van der Waals surface area contributed by atoms with Crippen LogP contribution in [-0.2, 0) is 0 Å². The van der Waals surface area contributed by atoms with E-state index in [0.29, 0.717) is 0 Å². The number of nitrogen functional groups attached to an aromatic ring is 1. The average Bonchev–Trinajstić information content (AvgIpc) is 2.91. The Morgan fingerprint density at radius 3 is 2.75 bits per heavy atom. The van der Waals surface area contributed by atoms with Crippen LogP contribution in [-0.4, -0.2) is 60.3 Å². The molecule has 20 heavy (non-hydrogen) atoms. The lowest BCUT2D eigenvalue weighted by atomic mass is 10.1. The molecule has 10 nitrogen and oxygen atoms in total. The minimum atomic E-state index is -1.34. The monoisotopic (exact) mass is 283 g/mol. The molecule has 1 aliphatic heterocycles. The van der Waals surface area contributed by atoms with E-state index in [2.05, 4.69) is 20.2 Å². The third-order valence-corrected chi connectivity index (χ3v) is 3.36. The van der Waals surface area contributed by atoms with Crippen LogP contribution >= 0.6 is 0 Å². The highest BCUT2D eigenvalue weighted by Crippen LogP contribution is 2.29. The van der Waals surface area contributed by atoms with Crippen LogP contribution in [0.1, 0.15) is 11.7 Å². The van der Waals surface area contributed by atoms with Crippen molar-refractivity contribution in [2.24, 2.45) is 0 Å². The second-order valence-electron chi connectivity index (χ2n) is 4.61. The number of aromatic nitrogens is 4. The van der Waals surface area contributed by atoms with Crippen molar-refractivity contribution in [3.63, 3.8) is 0 Å². The normalized spacial score (nSPS) is 31.9. The summed E-state index contributed by atoms with van der Waals surface area (Å²) in [5.41, 5.74) is 5.21. The van der Waals surface area contributed by atoms with Gasteiger partial charge in [-0.2, -0.15) is 5.10 Å². The van der Waals surface area contributed by atoms with Gasteiger partial charge in [0.1, 0.15) is 13.0 Å². The Balaban J connectivity index is 2.15. The molecule has 4 atom stereocenters. The molecule has 0 saturated carbocycles. The minimum absolute atomic E-state index is 0.0123. The lowest BCUT2D eigenvalue weighted by molar-refractivity contribution is 0.0191. The molecule has 0 aromatic carbocycles. The Bertz CT molecular complexity index is 732. The summed E-state index contributed by atoms with van der Waals surface area (Å²) in [6.45, 7) is -0.500. The van der Waals surface area contributed by atoms with Gasteiger partial charge in [-0.05, 0) is 0 Å². The molecule has 1 saturated heterocycles. The Kier molecular flexibility index (Phi) is 2.67.